The minimum atomic E-state index is -0.587. The van der Waals surface area contributed by atoms with E-state index < -0.39 is 11.8 Å². The molecule has 42 heavy (non-hydrogen) atoms. The predicted molar refractivity (Wildman–Crippen MR) is 166 cm³/mol. The minimum Gasteiger partial charge on any atom is -0.497 e. The molecule has 7 nitrogen and oxygen atoms in total. The zero-order valence-corrected chi connectivity index (χ0v) is 24.2. The molecule has 0 atom stereocenters. The second-order valence-corrected chi connectivity index (χ2v) is 9.66. The van der Waals surface area contributed by atoms with Gasteiger partial charge in [-0.3, -0.25) is 14.4 Å². The van der Waals surface area contributed by atoms with E-state index in [1.54, 1.807) is 97.1 Å². The molecule has 0 aromatic heterocycles. The highest BCUT2D eigenvalue weighted by molar-refractivity contribution is 6.37. The largest absolute Gasteiger partial charge is 0.497 e. The molecule has 0 radical (unpaired) electrons. The molecule has 0 unspecified atom stereocenters. The molecule has 0 fully saturated rings. The van der Waals surface area contributed by atoms with Gasteiger partial charge in [-0.2, -0.15) is 0 Å². The van der Waals surface area contributed by atoms with Crippen LogP contribution in [0.1, 0.15) is 31.8 Å². The standard InChI is InChI=1S/C33H26Cl2N2O5/c1-41-25-15-18-31(42-2)23(19-25)20-29(37-32(39)22-7-4-3-5-8-22)33(40)36-24-13-11-21(12-14-24)30(38)17-16-26-27(34)9-6-10-28(26)35/h3-20H,1-2H3,(H,36,40)(H,37,39)/b17-16+,29-20-. The van der Waals surface area contributed by atoms with Crippen LogP contribution in [0, 0.1) is 0 Å². The van der Waals surface area contributed by atoms with Crippen LogP contribution in [0.2, 0.25) is 10.0 Å². The Morgan fingerprint density at radius 1 is 0.762 bits per heavy atom. The minimum absolute atomic E-state index is 0.0323. The molecule has 4 rings (SSSR count). The van der Waals surface area contributed by atoms with E-state index in [1.807, 2.05) is 0 Å². The van der Waals surface area contributed by atoms with Crippen molar-refractivity contribution in [2.75, 3.05) is 19.5 Å². The van der Waals surface area contributed by atoms with Crippen molar-refractivity contribution < 1.29 is 23.9 Å². The van der Waals surface area contributed by atoms with Gasteiger partial charge in [0, 0.05) is 38.0 Å². The molecule has 0 bridgehead atoms. The van der Waals surface area contributed by atoms with Crippen LogP contribution in [0.15, 0.2) is 103 Å². The number of nitrogens with one attached hydrogen (secondary N) is 2. The highest BCUT2D eigenvalue weighted by Crippen LogP contribution is 2.27. The summed E-state index contributed by atoms with van der Waals surface area (Å²) in [5.74, 6) is -0.308. The van der Waals surface area contributed by atoms with Gasteiger partial charge in [-0.1, -0.05) is 47.5 Å². The fourth-order valence-electron chi connectivity index (χ4n) is 3.89. The number of ether oxygens (including phenoxy) is 2. The number of carbonyl (C=O) groups excluding carboxylic acids is 3. The molecular formula is C33H26Cl2N2O5. The maximum atomic E-state index is 13.4. The number of allylic oxidation sites excluding steroid dienone is 1. The lowest BCUT2D eigenvalue weighted by molar-refractivity contribution is -0.113. The number of rotatable bonds is 10. The normalized spacial score (nSPS) is 11.2. The number of methoxy groups -OCH3 is 2. The molecule has 0 spiro atoms. The van der Waals surface area contributed by atoms with Gasteiger partial charge < -0.3 is 20.1 Å². The molecule has 4 aromatic carbocycles. The quantitative estimate of drug-likeness (QED) is 0.147. The Morgan fingerprint density at radius 2 is 1.45 bits per heavy atom. The third-order valence-corrected chi connectivity index (χ3v) is 6.75. The summed E-state index contributed by atoms with van der Waals surface area (Å²) in [4.78, 5) is 39.1. The Labute approximate surface area is 253 Å². The van der Waals surface area contributed by atoms with Gasteiger partial charge in [-0.15, -0.1) is 0 Å². The second-order valence-electron chi connectivity index (χ2n) is 8.85. The first-order chi connectivity index (χ1) is 20.3. The number of anilines is 1. The molecule has 0 heterocycles. The summed E-state index contributed by atoms with van der Waals surface area (Å²) in [6.45, 7) is 0. The van der Waals surface area contributed by atoms with Crippen LogP contribution in [-0.4, -0.2) is 31.8 Å². The van der Waals surface area contributed by atoms with E-state index in [-0.39, 0.29) is 11.5 Å². The first-order valence-electron chi connectivity index (χ1n) is 12.7. The molecule has 0 saturated heterocycles. The molecule has 0 aliphatic rings. The zero-order chi connectivity index (χ0) is 30.1. The van der Waals surface area contributed by atoms with Gasteiger partial charge in [0.25, 0.3) is 11.8 Å². The number of amides is 2. The molecule has 0 saturated carbocycles. The second kappa shape index (κ2) is 14.2. The van der Waals surface area contributed by atoms with E-state index >= 15 is 0 Å². The lowest BCUT2D eigenvalue weighted by atomic mass is 10.1. The van der Waals surface area contributed by atoms with Crippen molar-refractivity contribution in [2.24, 2.45) is 0 Å². The zero-order valence-electron chi connectivity index (χ0n) is 22.7. The van der Waals surface area contributed by atoms with Gasteiger partial charge in [0.15, 0.2) is 5.78 Å². The van der Waals surface area contributed by atoms with Gasteiger partial charge in [-0.05, 0) is 85.0 Å². The van der Waals surface area contributed by atoms with Crippen molar-refractivity contribution in [3.8, 4) is 11.5 Å². The van der Waals surface area contributed by atoms with Crippen molar-refractivity contribution in [1.82, 2.24) is 5.32 Å². The summed E-state index contributed by atoms with van der Waals surface area (Å²) in [6, 6.07) is 25.0. The lowest BCUT2D eigenvalue weighted by Gasteiger charge is -2.13. The van der Waals surface area contributed by atoms with Crippen molar-refractivity contribution in [3.05, 3.63) is 135 Å². The summed E-state index contributed by atoms with van der Waals surface area (Å²) in [6.07, 6.45) is 4.43. The third kappa shape index (κ3) is 7.66. The van der Waals surface area contributed by atoms with Gasteiger partial charge >= 0.3 is 0 Å². The number of hydrogen-bond donors (Lipinski definition) is 2. The highest BCUT2D eigenvalue weighted by Gasteiger charge is 2.17. The number of benzene rings is 4. The Bertz CT molecular complexity index is 1650. The summed E-state index contributed by atoms with van der Waals surface area (Å²) < 4.78 is 10.7. The molecule has 2 N–H and O–H groups in total. The molecule has 2 amide bonds. The number of hydrogen-bond acceptors (Lipinski definition) is 5. The van der Waals surface area contributed by atoms with Crippen LogP contribution in [-0.2, 0) is 4.79 Å². The SMILES string of the molecule is COc1ccc(OC)c(/C=C(\NC(=O)c2ccccc2)C(=O)Nc2ccc(C(=O)/C=C/c3c(Cl)cccc3Cl)cc2)c1. The van der Waals surface area contributed by atoms with Gasteiger partial charge in [0.1, 0.15) is 17.2 Å². The smallest absolute Gasteiger partial charge is 0.272 e. The summed E-state index contributed by atoms with van der Waals surface area (Å²) in [5, 5.41) is 6.32. The fourth-order valence-corrected chi connectivity index (χ4v) is 4.41. The van der Waals surface area contributed by atoms with Crippen LogP contribution < -0.4 is 20.1 Å². The summed E-state index contributed by atoms with van der Waals surface area (Å²) in [7, 11) is 3.03. The van der Waals surface area contributed by atoms with Crippen LogP contribution >= 0.6 is 23.2 Å². The average Bonchev–Trinajstić information content (AvgIpc) is 3.01. The first kappa shape index (κ1) is 30.1. The summed E-state index contributed by atoms with van der Waals surface area (Å²) >= 11 is 12.3. The van der Waals surface area contributed by atoms with E-state index in [4.69, 9.17) is 32.7 Å². The van der Waals surface area contributed by atoms with E-state index in [0.717, 1.165) is 0 Å². The maximum absolute atomic E-state index is 13.4. The Hall–Kier alpha value is -4.85. The fraction of sp³-hybridized carbons (Fsp3) is 0.0606. The van der Waals surface area contributed by atoms with E-state index in [2.05, 4.69) is 10.6 Å². The van der Waals surface area contributed by atoms with Crippen LogP contribution in [0.5, 0.6) is 11.5 Å². The van der Waals surface area contributed by atoms with Crippen molar-refractivity contribution in [1.29, 1.82) is 0 Å². The molecule has 212 valence electrons. The Morgan fingerprint density at radius 3 is 2.10 bits per heavy atom. The average molecular weight is 601 g/mol. The van der Waals surface area contributed by atoms with E-state index in [9.17, 15) is 14.4 Å². The first-order valence-corrected chi connectivity index (χ1v) is 13.4. The van der Waals surface area contributed by atoms with Crippen LogP contribution in [0.4, 0.5) is 5.69 Å². The maximum Gasteiger partial charge on any atom is 0.272 e. The van der Waals surface area contributed by atoms with Crippen molar-refractivity contribution in [2.45, 2.75) is 0 Å². The monoisotopic (exact) mass is 600 g/mol. The van der Waals surface area contributed by atoms with Crippen molar-refractivity contribution >= 4 is 58.6 Å². The molecule has 9 heteroatoms. The number of ketones is 1. The van der Waals surface area contributed by atoms with Crippen LogP contribution in [0.25, 0.3) is 12.2 Å². The molecule has 0 aliphatic heterocycles. The van der Waals surface area contributed by atoms with E-state index in [0.29, 0.717) is 49.5 Å². The van der Waals surface area contributed by atoms with Crippen molar-refractivity contribution in [3.63, 3.8) is 0 Å². The highest BCUT2D eigenvalue weighted by atomic mass is 35.5. The molecular weight excluding hydrogens is 575 g/mol. The molecule has 4 aromatic rings. The van der Waals surface area contributed by atoms with Gasteiger partial charge in [0.05, 0.1) is 14.2 Å². The predicted octanol–water partition coefficient (Wildman–Crippen LogP) is 7.32. The number of halogens is 2. The topological polar surface area (TPSA) is 93.7 Å². The van der Waals surface area contributed by atoms with E-state index in [1.165, 1.54) is 26.4 Å². The Kier molecular flexibility index (Phi) is 10.2. The third-order valence-electron chi connectivity index (χ3n) is 6.09. The Balaban J connectivity index is 1.56. The van der Waals surface area contributed by atoms with Crippen LogP contribution in [0.3, 0.4) is 0 Å². The van der Waals surface area contributed by atoms with Gasteiger partial charge in [-0.25, -0.2) is 0 Å². The lowest BCUT2D eigenvalue weighted by Crippen LogP contribution is -2.30. The van der Waals surface area contributed by atoms with Gasteiger partial charge in [0.2, 0.25) is 0 Å². The molecule has 0 aliphatic carbocycles. The summed E-state index contributed by atoms with van der Waals surface area (Å²) in [5.41, 5.74) is 2.20. The number of carbonyl (C=O) groups is 3.